The molecule has 0 aliphatic carbocycles. The lowest BCUT2D eigenvalue weighted by Crippen LogP contribution is -2.21. The van der Waals surface area contributed by atoms with Gasteiger partial charge in [-0.25, -0.2) is 14.8 Å². The standard InChI is InChI=1S/C23H23N5O2/c1-14-3-4-16(20(29)9-15-5-7-28-8-6-24-21(28)10-15)11-18(14)17-12-19-22(25-13-17)26-23(30)27(19)2/h3-4,6,8,11-13,15H,5,7,9-10H2,1-2H3,(H,25,26,30). The van der Waals surface area contributed by atoms with E-state index in [2.05, 4.69) is 19.5 Å². The minimum atomic E-state index is -0.191. The molecule has 4 aromatic rings. The number of carbonyl (C=O) groups is 1. The number of pyridine rings is 1. The number of imidazole rings is 2. The predicted octanol–water partition coefficient (Wildman–Crippen LogP) is 3.27. The largest absolute Gasteiger partial charge is 0.335 e. The summed E-state index contributed by atoms with van der Waals surface area (Å²) in [6.07, 6.45) is 7.95. The second kappa shape index (κ2) is 7.09. The fraction of sp³-hybridized carbons (Fsp3) is 0.304. The highest BCUT2D eigenvalue weighted by atomic mass is 16.1. The Hall–Kier alpha value is -3.48. The van der Waals surface area contributed by atoms with Crippen LogP contribution in [0, 0.1) is 12.8 Å². The molecule has 0 spiro atoms. The van der Waals surface area contributed by atoms with Crippen molar-refractivity contribution in [1.82, 2.24) is 24.1 Å². The average Bonchev–Trinajstić information content (AvgIpc) is 3.32. The van der Waals surface area contributed by atoms with Gasteiger partial charge < -0.3 is 4.57 Å². The lowest BCUT2D eigenvalue weighted by atomic mass is 9.89. The number of hydrogen-bond acceptors (Lipinski definition) is 4. The summed E-state index contributed by atoms with van der Waals surface area (Å²) in [6, 6.07) is 7.78. The maximum Gasteiger partial charge on any atom is 0.327 e. The fourth-order valence-corrected chi connectivity index (χ4v) is 4.32. The molecule has 1 aliphatic heterocycles. The first-order chi connectivity index (χ1) is 14.5. The van der Waals surface area contributed by atoms with Gasteiger partial charge in [0.25, 0.3) is 0 Å². The quantitative estimate of drug-likeness (QED) is 0.532. The van der Waals surface area contributed by atoms with Crippen molar-refractivity contribution in [3.05, 3.63) is 70.3 Å². The monoisotopic (exact) mass is 401 g/mol. The van der Waals surface area contributed by atoms with Crippen molar-refractivity contribution in [2.24, 2.45) is 13.0 Å². The average molecular weight is 401 g/mol. The van der Waals surface area contributed by atoms with E-state index in [0.717, 1.165) is 47.4 Å². The molecule has 1 N–H and O–H groups in total. The van der Waals surface area contributed by atoms with Crippen molar-refractivity contribution in [3.63, 3.8) is 0 Å². The molecule has 0 bridgehead atoms. The Balaban J connectivity index is 1.43. The van der Waals surface area contributed by atoms with Crippen molar-refractivity contribution in [3.8, 4) is 11.1 Å². The third-order valence-electron chi connectivity index (χ3n) is 6.15. The number of Topliss-reactive ketones (excluding diaryl/α,β-unsaturated/α-hetero) is 1. The van der Waals surface area contributed by atoms with E-state index >= 15 is 0 Å². The van der Waals surface area contributed by atoms with Crippen LogP contribution >= 0.6 is 0 Å². The van der Waals surface area contributed by atoms with Gasteiger partial charge in [0.1, 0.15) is 5.82 Å². The molecule has 5 rings (SSSR count). The molecule has 7 heteroatoms. The summed E-state index contributed by atoms with van der Waals surface area (Å²) < 4.78 is 3.71. The molecule has 0 saturated carbocycles. The van der Waals surface area contributed by atoms with Crippen molar-refractivity contribution >= 4 is 16.9 Å². The van der Waals surface area contributed by atoms with Gasteiger partial charge in [-0.3, -0.25) is 14.3 Å². The summed E-state index contributed by atoms with van der Waals surface area (Å²) in [5.41, 5.74) is 4.74. The molecule has 0 radical (unpaired) electrons. The van der Waals surface area contributed by atoms with E-state index in [1.54, 1.807) is 17.8 Å². The number of hydrogen-bond donors (Lipinski definition) is 1. The lowest BCUT2D eigenvalue weighted by molar-refractivity contribution is 0.0953. The first kappa shape index (κ1) is 18.5. The van der Waals surface area contributed by atoms with Gasteiger partial charge in [-0.1, -0.05) is 12.1 Å². The summed E-state index contributed by atoms with van der Waals surface area (Å²) >= 11 is 0. The van der Waals surface area contributed by atoms with Crippen LogP contribution in [0.2, 0.25) is 0 Å². The van der Waals surface area contributed by atoms with Crippen LogP contribution in [0.1, 0.15) is 34.6 Å². The minimum Gasteiger partial charge on any atom is -0.335 e. The molecule has 0 saturated heterocycles. The number of nitrogens with zero attached hydrogens (tertiary/aromatic N) is 4. The number of H-pyrrole nitrogens is 1. The molecular weight excluding hydrogens is 378 g/mol. The second-order valence-corrected chi connectivity index (χ2v) is 8.13. The number of nitrogens with one attached hydrogen (secondary N) is 1. The summed E-state index contributed by atoms with van der Waals surface area (Å²) in [6.45, 7) is 2.94. The number of benzene rings is 1. The third kappa shape index (κ3) is 3.16. The van der Waals surface area contributed by atoms with E-state index in [1.165, 1.54) is 0 Å². The van der Waals surface area contributed by atoms with Crippen molar-refractivity contribution in [2.75, 3.05) is 0 Å². The minimum absolute atomic E-state index is 0.157. The first-order valence-electron chi connectivity index (χ1n) is 10.2. The maximum atomic E-state index is 13.0. The van der Waals surface area contributed by atoms with E-state index in [1.807, 2.05) is 43.6 Å². The highest BCUT2D eigenvalue weighted by Gasteiger charge is 2.22. The van der Waals surface area contributed by atoms with Crippen molar-refractivity contribution in [1.29, 1.82) is 0 Å². The van der Waals surface area contributed by atoms with Crippen LogP contribution in [-0.2, 0) is 20.0 Å². The normalized spacial score (nSPS) is 16.0. The Kier molecular flexibility index (Phi) is 4.38. The number of aryl methyl sites for hydroxylation is 3. The van der Waals surface area contributed by atoms with E-state index < -0.39 is 0 Å². The fourth-order valence-electron chi connectivity index (χ4n) is 4.32. The maximum absolute atomic E-state index is 13.0. The number of fused-ring (bicyclic) bond motifs is 2. The van der Waals surface area contributed by atoms with Crippen LogP contribution in [-0.4, -0.2) is 29.9 Å². The Bertz CT molecular complexity index is 1330. The Morgan fingerprint density at radius 2 is 2.13 bits per heavy atom. The molecule has 7 nitrogen and oxygen atoms in total. The Morgan fingerprint density at radius 3 is 3.00 bits per heavy atom. The molecule has 152 valence electrons. The smallest absolute Gasteiger partial charge is 0.327 e. The zero-order valence-corrected chi connectivity index (χ0v) is 17.1. The second-order valence-electron chi connectivity index (χ2n) is 8.13. The SMILES string of the molecule is Cc1ccc(C(=O)CC2CCn3ccnc3C2)cc1-c1cnc2[nH]c(=O)n(C)c2c1. The number of aromatic nitrogens is 5. The van der Waals surface area contributed by atoms with Crippen LogP contribution in [0.4, 0.5) is 0 Å². The molecule has 1 unspecified atom stereocenters. The zero-order valence-electron chi connectivity index (χ0n) is 17.1. The van der Waals surface area contributed by atoms with E-state index in [4.69, 9.17) is 0 Å². The molecule has 1 aromatic carbocycles. The van der Waals surface area contributed by atoms with Gasteiger partial charge in [-0.15, -0.1) is 0 Å². The third-order valence-corrected chi connectivity index (χ3v) is 6.15. The van der Waals surface area contributed by atoms with E-state index in [-0.39, 0.29) is 11.5 Å². The first-order valence-corrected chi connectivity index (χ1v) is 10.2. The van der Waals surface area contributed by atoms with Crippen LogP contribution in [0.5, 0.6) is 0 Å². The summed E-state index contributed by atoms with van der Waals surface area (Å²) in [4.78, 5) is 36.4. The zero-order chi connectivity index (χ0) is 20.8. The predicted molar refractivity (Wildman–Crippen MR) is 114 cm³/mol. The van der Waals surface area contributed by atoms with Gasteiger partial charge in [-0.05, 0) is 42.5 Å². The molecule has 30 heavy (non-hydrogen) atoms. The Morgan fingerprint density at radius 1 is 1.27 bits per heavy atom. The van der Waals surface area contributed by atoms with Gasteiger partial charge >= 0.3 is 5.69 Å². The van der Waals surface area contributed by atoms with Crippen molar-refractivity contribution in [2.45, 2.75) is 32.7 Å². The molecule has 0 fully saturated rings. The summed E-state index contributed by atoms with van der Waals surface area (Å²) in [7, 11) is 1.72. The van der Waals surface area contributed by atoms with Crippen LogP contribution in [0.25, 0.3) is 22.3 Å². The van der Waals surface area contributed by atoms with Crippen LogP contribution in [0.15, 0.2) is 47.7 Å². The van der Waals surface area contributed by atoms with Crippen LogP contribution < -0.4 is 5.69 Å². The van der Waals surface area contributed by atoms with Gasteiger partial charge in [0.2, 0.25) is 0 Å². The van der Waals surface area contributed by atoms with Gasteiger partial charge in [0.15, 0.2) is 11.4 Å². The highest BCUT2D eigenvalue weighted by molar-refractivity contribution is 5.97. The molecule has 4 heterocycles. The van der Waals surface area contributed by atoms with Gasteiger partial charge in [-0.2, -0.15) is 0 Å². The summed E-state index contributed by atoms with van der Waals surface area (Å²) in [5, 5.41) is 0. The van der Waals surface area contributed by atoms with Crippen molar-refractivity contribution < 1.29 is 4.79 Å². The Labute approximate surface area is 173 Å². The molecule has 1 aliphatic rings. The number of carbonyl (C=O) groups excluding carboxylic acids is 1. The number of aromatic amines is 1. The highest BCUT2D eigenvalue weighted by Crippen LogP contribution is 2.28. The topological polar surface area (TPSA) is 85.6 Å². The molecule has 0 amide bonds. The van der Waals surface area contributed by atoms with E-state index in [9.17, 15) is 9.59 Å². The van der Waals surface area contributed by atoms with E-state index in [0.29, 0.717) is 23.5 Å². The number of rotatable bonds is 4. The molecule has 1 atom stereocenters. The van der Waals surface area contributed by atoms with Crippen LogP contribution in [0.3, 0.4) is 0 Å². The molecular formula is C23H23N5O2. The number of ketones is 1. The van der Waals surface area contributed by atoms with Gasteiger partial charge in [0, 0.05) is 56.2 Å². The molecule has 3 aromatic heterocycles. The lowest BCUT2D eigenvalue weighted by Gasteiger charge is -2.22. The van der Waals surface area contributed by atoms with Gasteiger partial charge in [0.05, 0.1) is 5.52 Å². The summed E-state index contributed by atoms with van der Waals surface area (Å²) in [5.74, 6) is 1.55.